The van der Waals surface area contributed by atoms with Crippen molar-refractivity contribution in [1.29, 1.82) is 0 Å². The highest BCUT2D eigenvalue weighted by Gasteiger charge is 2.26. The average Bonchev–Trinajstić information content (AvgIpc) is 3.22. The van der Waals surface area contributed by atoms with Gasteiger partial charge in [0.1, 0.15) is 0 Å². The topological polar surface area (TPSA) is 70.6 Å². The number of hydrogen-bond donors (Lipinski definition) is 2. The van der Waals surface area contributed by atoms with Gasteiger partial charge in [0.05, 0.1) is 5.71 Å². The number of rotatable bonds is 3. The first kappa shape index (κ1) is 14.2. The summed E-state index contributed by atoms with van der Waals surface area (Å²) in [6.45, 7) is 5.79. The molecule has 0 atom stereocenters. The van der Waals surface area contributed by atoms with Crippen LogP contribution in [0.2, 0.25) is 0 Å². The fourth-order valence-corrected chi connectivity index (χ4v) is 1.85. The molecule has 1 aromatic carbocycles. The SMILES string of the molecule is C/C(=N/NC(=O)C(=O)NC1CC1)c1cc(C)ccc1C. The Morgan fingerprint density at radius 1 is 1.20 bits per heavy atom. The van der Waals surface area contributed by atoms with E-state index in [1.165, 1.54) is 0 Å². The average molecular weight is 273 g/mol. The number of hydrazone groups is 1. The normalized spacial score (nSPS) is 14.8. The van der Waals surface area contributed by atoms with Crippen LogP contribution in [0.15, 0.2) is 23.3 Å². The highest BCUT2D eigenvalue weighted by molar-refractivity contribution is 6.35. The smallest absolute Gasteiger partial charge is 0.329 e. The van der Waals surface area contributed by atoms with Crippen LogP contribution in [0.1, 0.15) is 36.5 Å². The Balaban J connectivity index is 2.00. The van der Waals surface area contributed by atoms with Crippen molar-refractivity contribution in [3.63, 3.8) is 0 Å². The van der Waals surface area contributed by atoms with Gasteiger partial charge in [0.15, 0.2) is 0 Å². The predicted octanol–water partition coefficient (Wildman–Crippen LogP) is 1.42. The van der Waals surface area contributed by atoms with E-state index in [2.05, 4.69) is 15.8 Å². The number of nitrogens with zero attached hydrogens (tertiary/aromatic N) is 1. The largest absolute Gasteiger partial charge is 0.345 e. The zero-order valence-corrected chi connectivity index (χ0v) is 12.0. The summed E-state index contributed by atoms with van der Waals surface area (Å²) in [5.41, 5.74) is 6.14. The molecule has 20 heavy (non-hydrogen) atoms. The maximum atomic E-state index is 11.6. The van der Waals surface area contributed by atoms with Gasteiger partial charge in [-0.15, -0.1) is 0 Å². The minimum Gasteiger partial charge on any atom is -0.345 e. The number of carbonyl (C=O) groups is 2. The third kappa shape index (κ3) is 3.66. The molecule has 0 saturated heterocycles. The Labute approximate surface area is 118 Å². The van der Waals surface area contributed by atoms with Gasteiger partial charge in [0, 0.05) is 11.6 Å². The van der Waals surface area contributed by atoms with Gasteiger partial charge in [0.2, 0.25) is 0 Å². The van der Waals surface area contributed by atoms with Crippen LogP contribution in [0.5, 0.6) is 0 Å². The Morgan fingerprint density at radius 2 is 1.90 bits per heavy atom. The highest BCUT2D eigenvalue weighted by atomic mass is 16.2. The molecule has 0 unspecified atom stereocenters. The first-order valence-corrected chi connectivity index (χ1v) is 6.70. The summed E-state index contributed by atoms with van der Waals surface area (Å²) < 4.78 is 0. The van der Waals surface area contributed by atoms with Crippen LogP contribution in [0.25, 0.3) is 0 Å². The molecule has 0 aromatic heterocycles. The quantitative estimate of drug-likeness (QED) is 0.497. The number of nitrogens with one attached hydrogen (secondary N) is 2. The molecule has 106 valence electrons. The molecular formula is C15H19N3O2. The van der Waals surface area contributed by atoms with E-state index in [1.54, 1.807) is 6.92 Å². The van der Waals surface area contributed by atoms with Gasteiger partial charge < -0.3 is 5.32 Å². The third-order valence-electron chi connectivity index (χ3n) is 3.23. The lowest BCUT2D eigenvalue weighted by Crippen LogP contribution is -2.39. The molecule has 0 radical (unpaired) electrons. The van der Waals surface area contributed by atoms with Crippen LogP contribution in [0.4, 0.5) is 0 Å². The molecule has 1 aromatic rings. The van der Waals surface area contributed by atoms with E-state index in [9.17, 15) is 9.59 Å². The highest BCUT2D eigenvalue weighted by Crippen LogP contribution is 2.18. The number of amides is 2. The van der Waals surface area contributed by atoms with Crippen molar-refractivity contribution >= 4 is 17.5 Å². The maximum Gasteiger partial charge on any atom is 0.329 e. The number of aryl methyl sites for hydroxylation is 2. The maximum absolute atomic E-state index is 11.6. The Bertz CT molecular complexity index is 574. The van der Waals surface area contributed by atoms with E-state index in [-0.39, 0.29) is 6.04 Å². The first-order valence-electron chi connectivity index (χ1n) is 6.70. The molecule has 0 heterocycles. The molecule has 2 N–H and O–H groups in total. The van der Waals surface area contributed by atoms with Crippen LogP contribution in [0.3, 0.4) is 0 Å². The fourth-order valence-electron chi connectivity index (χ4n) is 1.85. The third-order valence-corrected chi connectivity index (χ3v) is 3.23. The standard InChI is InChI=1S/C15H19N3O2/c1-9-4-5-10(2)13(8-9)11(3)17-18-15(20)14(19)16-12-6-7-12/h4-5,8,12H,6-7H2,1-3H3,(H,16,19)(H,18,20)/b17-11-. The molecule has 2 rings (SSSR count). The molecule has 0 spiro atoms. The Kier molecular flexibility index (Phi) is 4.17. The van der Waals surface area contributed by atoms with Crippen molar-refractivity contribution in [2.45, 2.75) is 39.7 Å². The minimum absolute atomic E-state index is 0.164. The van der Waals surface area contributed by atoms with Crippen LogP contribution in [0, 0.1) is 13.8 Å². The zero-order chi connectivity index (χ0) is 14.7. The molecule has 5 heteroatoms. The van der Waals surface area contributed by atoms with Crippen LogP contribution >= 0.6 is 0 Å². The molecule has 1 aliphatic carbocycles. The summed E-state index contributed by atoms with van der Waals surface area (Å²) in [6, 6.07) is 6.20. The van der Waals surface area contributed by atoms with E-state index in [0.29, 0.717) is 5.71 Å². The van der Waals surface area contributed by atoms with Gasteiger partial charge in [-0.25, -0.2) is 5.43 Å². The molecule has 5 nitrogen and oxygen atoms in total. The Hall–Kier alpha value is -2.17. The van der Waals surface area contributed by atoms with Crippen LogP contribution in [-0.4, -0.2) is 23.6 Å². The van der Waals surface area contributed by atoms with E-state index in [1.807, 2.05) is 32.0 Å². The molecule has 0 aliphatic heterocycles. The van der Waals surface area contributed by atoms with Gasteiger partial charge >= 0.3 is 11.8 Å². The van der Waals surface area contributed by atoms with Crippen molar-refractivity contribution < 1.29 is 9.59 Å². The Morgan fingerprint density at radius 3 is 2.55 bits per heavy atom. The van der Waals surface area contributed by atoms with Crippen molar-refractivity contribution in [2.75, 3.05) is 0 Å². The summed E-state index contributed by atoms with van der Waals surface area (Å²) in [5.74, 6) is -1.34. The van der Waals surface area contributed by atoms with Crippen molar-refractivity contribution in [3.05, 3.63) is 34.9 Å². The summed E-state index contributed by atoms with van der Waals surface area (Å²) in [5, 5.41) is 6.62. The number of benzene rings is 1. The van der Waals surface area contributed by atoms with Crippen LogP contribution < -0.4 is 10.7 Å². The first-order chi connectivity index (χ1) is 9.47. The van der Waals surface area contributed by atoms with E-state index in [0.717, 1.165) is 29.5 Å². The van der Waals surface area contributed by atoms with E-state index < -0.39 is 11.8 Å². The lowest BCUT2D eigenvalue weighted by atomic mass is 10.0. The molecule has 1 aliphatic rings. The monoisotopic (exact) mass is 273 g/mol. The van der Waals surface area contributed by atoms with Gasteiger partial charge in [-0.2, -0.15) is 5.10 Å². The lowest BCUT2D eigenvalue weighted by Gasteiger charge is -2.07. The second-order valence-electron chi connectivity index (χ2n) is 5.20. The molecule has 2 amide bonds. The van der Waals surface area contributed by atoms with E-state index in [4.69, 9.17) is 0 Å². The molecule has 1 fully saturated rings. The summed E-state index contributed by atoms with van der Waals surface area (Å²) in [6.07, 6.45) is 1.90. The molecular weight excluding hydrogens is 254 g/mol. The van der Waals surface area contributed by atoms with Gasteiger partial charge in [-0.05, 0) is 45.2 Å². The van der Waals surface area contributed by atoms with E-state index >= 15 is 0 Å². The van der Waals surface area contributed by atoms with Crippen molar-refractivity contribution in [1.82, 2.24) is 10.7 Å². The minimum atomic E-state index is -0.721. The zero-order valence-electron chi connectivity index (χ0n) is 12.0. The van der Waals surface area contributed by atoms with Crippen molar-refractivity contribution in [3.8, 4) is 0 Å². The number of carbonyl (C=O) groups excluding carboxylic acids is 2. The predicted molar refractivity (Wildman–Crippen MR) is 77.4 cm³/mol. The van der Waals surface area contributed by atoms with Gasteiger partial charge in [-0.3, -0.25) is 9.59 Å². The molecule has 0 bridgehead atoms. The molecule has 1 saturated carbocycles. The summed E-state index contributed by atoms with van der Waals surface area (Å²) in [4.78, 5) is 23.0. The van der Waals surface area contributed by atoms with Crippen LogP contribution in [-0.2, 0) is 9.59 Å². The fraction of sp³-hybridized carbons (Fsp3) is 0.400. The van der Waals surface area contributed by atoms with Gasteiger partial charge in [0.25, 0.3) is 0 Å². The second-order valence-corrected chi connectivity index (χ2v) is 5.20. The number of hydrogen-bond acceptors (Lipinski definition) is 3. The van der Waals surface area contributed by atoms with Crippen molar-refractivity contribution in [2.24, 2.45) is 5.10 Å². The lowest BCUT2D eigenvalue weighted by molar-refractivity contribution is -0.139. The van der Waals surface area contributed by atoms with Gasteiger partial charge in [-0.1, -0.05) is 17.7 Å². The summed E-state index contributed by atoms with van der Waals surface area (Å²) in [7, 11) is 0. The second kappa shape index (κ2) is 5.86. The summed E-state index contributed by atoms with van der Waals surface area (Å²) >= 11 is 0.